The van der Waals surface area contributed by atoms with E-state index in [1.807, 2.05) is 0 Å². The van der Waals surface area contributed by atoms with Crippen LogP contribution in [0.3, 0.4) is 0 Å². The van der Waals surface area contributed by atoms with E-state index in [1.54, 1.807) is 0 Å². The second-order valence-corrected chi connectivity index (χ2v) is 5.70. The fourth-order valence-electron chi connectivity index (χ4n) is 2.74. The third-order valence-corrected chi connectivity index (χ3v) is 4.01. The highest BCUT2D eigenvalue weighted by molar-refractivity contribution is 5.98. The second kappa shape index (κ2) is 8.20. The van der Waals surface area contributed by atoms with Crippen molar-refractivity contribution < 1.29 is 32.2 Å². The summed E-state index contributed by atoms with van der Waals surface area (Å²) in [4.78, 5) is 14.0. The summed E-state index contributed by atoms with van der Waals surface area (Å²) >= 11 is 0. The molecule has 8 heteroatoms. The Hall–Kier alpha value is -2.90. The monoisotopic (exact) mass is 383 g/mol. The summed E-state index contributed by atoms with van der Waals surface area (Å²) in [5.74, 6) is 0.244. The van der Waals surface area contributed by atoms with E-state index in [2.05, 4.69) is 0 Å². The van der Waals surface area contributed by atoms with Gasteiger partial charge in [0.1, 0.15) is 0 Å². The van der Waals surface area contributed by atoms with Crippen LogP contribution in [0.4, 0.5) is 13.2 Å². The number of alkyl halides is 3. The molecule has 0 atom stereocenters. The Kier molecular flexibility index (Phi) is 6.20. The summed E-state index contributed by atoms with van der Waals surface area (Å²) in [5, 5.41) is 0. The van der Waals surface area contributed by atoms with Gasteiger partial charge in [0.15, 0.2) is 11.5 Å². The molecule has 5 nitrogen and oxygen atoms in total. The number of ether oxygens (including phenoxy) is 3. The predicted octanol–water partition coefficient (Wildman–Crippen LogP) is 4.00. The summed E-state index contributed by atoms with van der Waals surface area (Å²) in [7, 11) is 5.63. The van der Waals surface area contributed by atoms with E-state index in [4.69, 9.17) is 14.2 Å². The minimum atomic E-state index is -4.50. The summed E-state index contributed by atoms with van der Waals surface area (Å²) in [6.45, 7) is -0.216. The Morgan fingerprint density at radius 2 is 1.59 bits per heavy atom. The van der Waals surface area contributed by atoms with Gasteiger partial charge in [-0.3, -0.25) is 4.79 Å². The lowest BCUT2D eigenvalue weighted by Crippen LogP contribution is -2.28. The topological polar surface area (TPSA) is 48.0 Å². The largest absolute Gasteiger partial charge is 0.493 e. The average molecular weight is 383 g/mol. The van der Waals surface area contributed by atoms with Gasteiger partial charge < -0.3 is 19.1 Å². The minimum Gasteiger partial charge on any atom is -0.493 e. The summed E-state index contributed by atoms with van der Waals surface area (Å²) in [6.07, 6.45) is -4.50. The van der Waals surface area contributed by atoms with Crippen LogP contribution in [-0.2, 0) is 12.7 Å². The van der Waals surface area contributed by atoms with Crippen LogP contribution in [0, 0.1) is 0 Å². The van der Waals surface area contributed by atoms with Crippen LogP contribution in [0.1, 0.15) is 21.5 Å². The molecule has 0 spiro atoms. The molecule has 0 saturated heterocycles. The van der Waals surface area contributed by atoms with Gasteiger partial charge in [0.2, 0.25) is 5.75 Å². The molecule has 146 valence electrons. The van der Waals surface area contributed by atoms with Crippen molar-refractivity contribution in [3.8, 4) is 17.2 Å². The number of benzene rings is 2. The maximum atomic E-state index is 13.2. The van der Waals surface area contributed by atoms with Crippen molar-refractivity contribution in [2.24, 2.45) is 0 Å². The molecule has 2 aromatic carbocycles. The molecule has 27 heavy (non-hydrogen) atoms. The lowest BCUT2D eigenvalue weighted by atomic mass is 10.1. The zero-order chi connectivity index (χ0) is 20.2. The molecule has 0 aliphatic heterocycles. The Bertz CT molecular complexity index is 821. The van der Waals surface area contributed by atoms with Crippen LogP contribution in [0.5, 0.6) is 17.2 Å². The predicted molar refractivity (Wildman–Crippen MR) is 93.3 cm³/mol. The highest BCUT2D eigenvalue weighted by atomic mass is 19.4. The standard InChI is InChI=1S/C19H20F3NO4/c1-23(11-12-7-5-6-8-14(12)19(20,21)22)18(24)13-9-10-15(25-2)17(27-4)16(13)26-3/h5-10H,11H2,1-4H3. The first kappa shape index (κ1) is 20.4. The molecule has 0 saturated carbocycles. The number of nitrogens with zero attached hydrogens (tertiary/aromatic N) is 1. The van der Waals surface area contributed by atoms with E-state index in [1.165, 1.54) is 63.6 Å². The van der Waals surface area contributed by atoms with Gasteiger partial charge in [0.25, 0.3) is 5.91 Å². The molecule has 0 fully saturated rings. The van der Waals surface area contributed by atoms with Gasteiger partial charge >= 0.3 is 6.18 Å². The van der Waals surface area contributed by atoms with Crippen molar-refractivity contribution in [2.45, 2.75) is 12.7 Å². The number of carbonyl (C=O) groups is 1. The van der Waals surface area contributed by atoms with Gasteiger partial charge in [-0.1, -0.05) is 18.2 Å². The van der Waals surface area contributed by atoms with Crippen LogP contribution in [0.15, 0.2) is 36.4 Å². The molecule has 0 bridgehead atoms. The number of methoxy groups -OCH3 is 3. The lowest BCUT2D eigenvalue weighted by Gasteiger charge is -2.22. The normalized spacial score (nSPS) is 11.1. The van der Waals surface area contributed by atoms with Crippen molar-refractivity contribution in [1.29, 1.82) is 0 Å². The molecule has 1 amide bonds. The fourth-order valence-corrected chi connectivity index (χ4v) is 2.74. The first-order valence-electron chi connectivity index (χ1n) is 7.94. The first-order chi connectivity index (χ1) is 12.7. The van der Waals surface area contributed by atoms with Crippen molar-refractivity contribution in [2.75, 3.05) is 28.4 Å². The maximum Gasteiger partial charge on any atom is 0.416 e. The van der Waals surface area contributed by atoms with E-state index in [0.29, 0.717) is 5.75 Å². The summed E-state index contributed by atoms with van der Waals surface area (Å²) in [5.41, 5.74) is -0.619. The maximum absolute atomic E-state index is 13.2. The van der Waals surface area contributed by atoms with Crippen LogP contribution >= 0.6 is 0 Å². The third kappa shape index (κ3) is 4.27. The molecule has 0 heterocycles. The Labute approximate surface area is 155 Å². The number of amides is 1. The van der Waals surface area contributed by atoms with E-state index in [-0.39, 0.29) is 29.2 Å². The van der Waals surface area contributed by atoms with Gasteiger partial charge in [-0.2, -0.15) is 13.2 Å². The van der Waals surface area contributed by atoms with E-state index in [9.17, 15) is 18.0 Å². The molecule has 0 aromatic heterocycles. The van der Waals surface area contributed by atoms with E-state index >= 15 is 0 Å². The van der Waals surface area contributed by atoms with E-state index < -0.39 is 17.6 Å². The molecule has 0 radical (unpaired) electrons. The van der Waals surface area contributed by atoms with Crippen LogP contribution in [0.2, 0.25) is 0 Å². The number of rotatable bonds is 6. The number of hydrogen-bond acceptors (Lipinski definition) is 4. The van der Waals surface area contributed by atoms with Crippen molar-refractivity contribution in [1.82, 2.24) is 4.90 Å². The Morgan fingerprint density at radius 3 is 2.15 bits per heavy atom. The zero-order valence-corrected chi connectivity index (χ0v) is 15.4. The highest BCUT2D eigenvalue weighted by Crippen LogP contribution is 2.40. The molecular weight excluding hydrogens is 363 g/mol. The SMILES string of the molecule is COc1ccc(C(=O)N(C)Cc2ccccc2C(F)(F)F)c(OC)c1OC. The number of hydrogen-bond donors (Lipinski definition) is 0. The molecule has 0 N–H and O–H groups in total. The van der Waals surface area contributed by atoms with Gasteiger partial charge in [-0.25, -0.2) is 0 Å². The molecule has 2 aromatic rings. The molecule has 2 rings (SSSR count). The molecular formula is C19H20F3NO4. The first-order valence-corrected chi connectivity index (χ1v) is 7.94. The van der Waals surface area contributed by atoms with Gasteiger partial charge in [-0.15, -0.1) is 0 Å². The lowest BCUT2D eigenvalue weighted by molar-refractivity contribution is -0.138. The molecule has 0 aliphatic carbocycles. The smallest absolute Gasteiger partial charge is 0.416 e. The Morgan fingerprint density at radius 1 is 0.963 bits per heavy atom. The van der Waals surface area contributed by atoms with Crippen molar-refractivity contribution in [3.05, 3.63) is 53.1 Å². The number of carbonyl (C=O) groups excluding carboxylic acids is 1. The third-order valence-electron chi connectivity index (χ3n) is 4.01. The average Bonchev–Trinajstić information content (AvgIpc) is 2.65. The van der Waals surface area contributed by atoms with E-state index in [0.717, 1.165) is 6.07 Å². The van der Waals surface area contributed by atoms with Crippen LogP contribution in [-0.4, -0.2) is 39.2 Å². The van der Waals surface area contributed by atoms with Crippen LogP contribution < -0.4 is 14.2 Å². The molecule has 0 unspecified atom stereocenters. The van der Waals surface area contributed by atoms with Gasteiger partial charge in [0.05, 0.1) is 32.5 Å². The highest BCUT2D eigenvalue weighted by Gasteiger charge is 2.33. The summed E-state index contributed by atoms with van der Waals surface area (Å²) < 4.78 is 55.2. The minimum absolute atomic E-state index is 0.000272. The second-order valence-electron chi connectivity index (χ2n) is 5.70. The van der Waals surface area contributed by atoms with Crippen molar-refractivity contribution in [3.63, 3.8) is 0 Å². The van der Waals surface area contributed by atoms with Crippen molar-refractivity contribution >= 4 is 5.91 Å². The van der Waals surface area contributed by atoms with Crippen LogP contribution in [0.25, 0.3) is 0 Å². The van der Waals surface area contributed by atoms with Gasteiger partial charge in [-0.05, 0) is 23.8 Å². The van der Waals surface area contributed by atoms with Gasteiger partial charge in [0, 0.05) is 13.6 Å². The zero-order valence-electron chi connectivity index (χ0n) is 15.4. The quantitative estimate of drug-likeness (QED) is 0.757. The fraction of sp³-hybridized carbons (Fsp3) is 0.316. The Balaban J connectivity index is 2.37. The molecule has 0 aliphatic rings. The summed E-state index contributed by atoms with van der Waals surface area (Å²) in [6, 6.07) is 8.16. The number of halogens is 3.